The molecule has 0 aromatic heterocycles. The van der Waals surface area contributed by atoms with Crippen LogP contribution in [0.1, 0.15) is 12.5 Å². The summed E-state index contributed by atoms with van der Waals surface area (Å²) in [5.41, 5.74) is 2.03. The predicted octanol–water partition coefficient (Wildman–Crippen LogP) is 0.847. The second-order valence-electron chi connectivity index (χ2n) is 7.31. The van der Waals surface area contributed by atoms with E-state index in [9.17, 15) is 14.0 Å². The molecule has 1 fully saturated rings. The highest BCUT2D eigenvalue weighted by molar-refractivity contribution is 5.88. The highest BCUT2D eigenvalue weighted by atomic mass is 19.1. The van der Waals surface area contributed by atoms with E-state index >= 15 is 0 Å². The van der Waals surface area contributed by atoms with Gasteiger partial charge in [0.2, 0.25) is 0 Å². The maximum Gasteiger partial charge on any atom is 0.275 e. The molecule has 0 bridgehead atoms. The van der Waals surface area contributed by atoms with Crippen molar-refractivity contribution >= 4 is 17.4 Å². The fourth-order valence-electron chi connectivity index (χ4n) is 3.53. The number of hydrogen-bond donors (Lipinski definition) is 2. The first-order valence-corrected chi connectivity index (χ1v) is 9.69. The average molecular weight is 384 g/mol. The molecule has 2 aromatic rings. The van der Waals surface area contributed by atoms with Crippen molar-refractivity contribution in [2.75, 3.05) is 37.6 Å². The molecule has 1 saturated heterocycles. The minimum absolute atomic E-state index is 0.0340. The van der Waals surface area contributed by atoms with Crippen molar-refractivity contribution in [3.8, 4) is 0 Å². The second-order valence-corrected chi connectivity index (χ2v) is 7.31. The normalized spacial score (nSPS) is 15.9. The van der Waals surface area contributed by atoms with Crippen LogP contribution in [0.25, 0.3) is 0 Å². The summed E-state index contributed by atoms with van der Waals surface area (Å²) < 4.78 is 13.1. The maximum atomic E-state index is 13.1. The SMILES string of the molecule is CC(=O)[C@@H](Cc1ccccc1)NC(=O)C[NH+]1CCN(c2ccc(F)cc2)CC1. The number of amides is 1. The first kappa shape index (κ1) is 20.0. The van der Waals surface area contributed by atoms with E-state index in [4.69, 9.17) is 0 Å². The number of Topliss-reactive ketones (excluding diaryl/α,β-unsaturated/α-hetero) is 1. The maximum absolute atomic E-state index is 13.1. The minimum Gasteiger partial charge on any atom is -0.360 e. The summed E-state index contributed by atoms with van der Waals surface area (Å²) in [7, 11) is 0. The highest BCUT2D eigenvalue weighted by Crippen LogP contribution is 2.14. The number of hydrogen-bond acceptors (Lipinski definition) is 3. The molecule has 28 heavy (non-hydrogen) atoms. The van der Waals surface area contributed by atoms with Crippen LogP contribution in [0.3, 0.4) is 0 Å². The zero-order valence-electron chi connectivity index (χ0n) is 16.2. The van der Waals surface area contributed by atoms with Gasteiger partial charge in [-0.05, 0) is 43.2 Å². The van der Waals surface area contributed by atoms with Gasteiger partial charge in [0.15, 0.2) is 12.3 Å². The lowest BCUT2D eigenvalue weighted by Gasteiger charge is -2.33. The minimum atomic E-state index is -0.491. The van der Waals surface area contributed by atoms with Gasteiger partial charge in [-0.25, -0.2) is 4.39 Å². The standard InChI is InChI=1S/C22H26FN3O2/c1-17(27)21(15-18-5-3-2-4-6-18)24-22(28)16-25-11-13-26(14-12-25)20-9-7-19(23)8-10-20/h2-10,21H,11-16H2,1H3,(H,24,28)/p+1/t21-/m1/s1. The van der Waals surface area contributed by atoms with Gasteiger partial charge in [-0.2, -0.15) is 0 Å². The topological polar surface area (TPSA) is 53.9 Å². The van der Waals surface area contributed by atoms with Crippen LogP contribution in [-0.4, -0.2) is 50.5 Å². The molecule has 2 aromatic carbocycles. The molecule has 1 heterocycles. The van der Waals surface area contributed by atoms with Gasteiger partial charge in [-0.1, -0.05) is 30.3 Å². The Hall–Kier alpha value is -2.73. The van der Waals surface area contributed by atoms with Gasteiger partial charge < -0.3 is 15.1 Å². The van der Waals surface area contributed by atoms with E-state index < -0.39 is 6.04 Å². The van der Waals surface area contributed by atoms with Crippen LogP contribution < -0.4 is 15.1 Å². The molecule has 6 heteroatoms. The fourth-order valence-corrected chi connectivity index (χ4v) is 3.53. The summed E-state index contributed by atoms with van der Waals surface area (Å²) in [6.45, 7) is 5.16. The fraction of sp³-hybridized carbons (Fsp3) is 0.364. The Kier molecular flexibility index (Phi) is 6.76. The van der Waals surface area contributed by atoms with Crippen molar-refractivity contribution in [1.82, 2.24) is 5.32 Å². The molecule has 5 nitrogen and oxygen atoms in total. The number of carbonyl (C=O) groups excluding carboxylic acids is 2. The van der Waals surface area contributed by atoms with E-state index in [-0.39, 0.29) is 17.5 Å². The Morgan fingerprint density at radius 2 is 1.71 bits per heavy atom. The molecule has 1 aliphatic heterocycles. The Morgan fingerprint density at radius 3 is 2.32 bits per heavy atom. The van der Waals surface area contributed by atoms with Gasteiger partial charge in [-0.3, -0.25) is 9.59 Å². The summed E-state index contributed by atoms with van der Waals surface area (Å²) in [5.74, 6) is -0.366. The van der Waals surface area contributed by atoms with Crippen molar-refractivity contribution in [2.24, 2.45) is 0 Å². The molecule has 1 aliphatic rings. The molecular weight excluding hydrogens is 357 g/mol. The van der Waals surface area contributed by atoms with Crippen molar-refractivity contribution in [3.63, 3.8) is 0 Å². The Bertz CT molecular complexity index is 787. The number of ketones is 1. The zero-order valence-corrected chi connectivity index (χ0v) is 16.2. The lowest BCUT2D eigenvalue weighted by Crippen LogP contribution is -3.16. The van der Waals surface area contributed by atoms with Gasteiger partial charge in [0, 0.05) is 5.69 Å². The van der Waals surface area contributed by atoms with Gasteiger partial charge in [0.05, 0.1) is 32.2 Å². The first-order chi connectivity index (χ1) is 13.5. The number of anilines is 1. The van der Waals surface area contributed by atoms with Crippen LogP contribution in [0.4, 0.5) is 10.1 Å². The third-order valence-corrected chi connectivity index (χ3v) is 5.18. The van der Waals surface area contributed by atoms with E-state index in [1.165, 1.54) is 24.0 Å². The Morgan fingerprint density at radius 1 is 1.07 bits per heavy atom. The predicted molar refractivity (Wildman–Crippen MR) is 107 cm³/mol. The van der Waals surface area contributed by atoms with E-state index in [0.717, 1.165) is 37.4 Å². The average Bonchev–Trinajstić information content (AvgIpc) is 2.69. The quantitative estimate of drug-likeness (QED) is 0.744. The highest BCUT2D eigenvalue weighted by Gasteiger charge is 2.24. The third kappa shape index (κ3) is 5.63. The largest absolute Gasteiger partial charge is 0.360 e. The summed E-state index contributed by atoms with van der Waals surface area (Å²) in [4.78, 5) is 27.8. The molecule has 1 atom stereocenters. The van der Waals surface area contributed by atoms with Gasteiger partial charge >= 0.3 is 0 Å². The molecule has 3 rings (SSSR count). The molecule has 148 valence electrons. The lowest BCUT2D eigenvalue weighted by atomic mass is 10.0. The number of nitrogens with one attached hydrogen (secondary N) is 2. The number of nitrogens with zero attached hydrogens (tertiary/aromatic N) is 1. The van der Waals surface area contributed by atoms with Gasteiger partial charge in [-0.15, -0.1) is 0 Å². The van der Waals surface area contributed by atoms with E-state index in [2.05, 4.69) is 10.2 Å². The number of halogens is 1. The van der Waals surface area contributed by atoms with Gasteiger partial charge in [0.1, 0.15) is 5.82 Å². The zero-order chi connectivity index (χ0) is 19.9. The first-order valence-electron chi connectivity index (χ1n) is 9.69. The molecule has 0 unspecified atom stereocenters. The molecule has 0 aliphatic carbocycles. The smallest absolute Gasteiger partial charge is 0.275 e. The van der Waals surface area contributed by atoms with Crippen molar-refractivity contribution in [2.45, 2.75) is 19.4 Å². The van der Waals surface area contributed by atoms with E-state index in [1.54, 1.807) is 12.1 Å². The van der Waals surface area contributed by atoms with Crippen molar-refractivity contribution in [1.29, 1.82) is 0 Å². The van der Waals surface area contributed by atoms with Crippen LogP contribution in [0.15, 0.2) is 54.6 Å². The van der Waals surface area contributed by atoms with Crippen molar-refractivity contribution in [3.05, 3.63) is 66.0 Å². The molecule has 0 spiro atoms. The summed E-state index contributed by atoms with van der Waals surface area (Å²) in [5, 5.41) is 2.90. The molecule has 2 N–H and O–H groups in total. The Labute approximate surface area is 165 Å². The van der Waals surface area contributed by atoms with Crippen LogP contribution in [0, 0.1) is 5.82 Å². The Balaban J connectivity index is 1.48. The van der Waals surface area contributed by atoms with Crippen LogP contribution in [0.5, 0.6) is 0 Å². The monoisotopic (exact) mass is 384 g/mol. The molecular formula is C22H27FN3O2+. The number of carbonyl (C=O) groups is 2. The van der Waals surface area contributed by atoms with E-state index in [0.29, 0.717) is 13.0 Å². The molecule has 0 radical (unpaired) electrons. The number of rotatable bonds is 7. The van der Waals surface area contributed by atoms with E-state index in [1.807, 2.05) is 30.3 Å². The third-order valence-electron chi connectivity index (χ3n) is 5.18. The summed E-state index contributed by atoms with van der Waals surface area (Å²) in [6, 6.07) is 15.7. The molecule has 0 saturated carbocycles. The number of quaternary nitrogens is 1. The van der Waals surface area contributed by atoms with Crippen LogP contribution >= 0.6 is 0 Å². The summed E-state index contributed by atoms with van der Waals surface area (Å²) in [6.07, 6.45) is 0.510. The number of benzene rings is 2. The van der Waals surface area contributed by atoms with Crippen molar-refractivity contribution < 1.29 is 18.9 Å². The lowest BCUT2D eigenvalue weighted by molar-refractivity contribution is -0.892. The van der Waals surface area contributed by atoms with Gasteiger partial charge in [0.25, 0.3) is 5.91 Å². The van der Waals surface area contributed by atoms with Crippen LogP contribution in [-0.2, 0) is 16.0 Å². The summed E-state index contributed by atoms with van der Waals surface area (Å²) >= 11 is 0. The molecule has 1 amide bonds. The second kappa shape index (κ2) is 9.46. The van der Waals surface area contributed by atoms with Crippen LogP contribution in [0.2, 0.25) is 0 Å². The number of piperazine rings is 1.